The van der Waals surface area contributed by atoms with Crippen LogP contribution in [0.25, 0.3) is 0 Å². The van der Waals surface area contributed by atoms with Crippen molar-refractivity contribution in [2.75, 3.05) is 26.6 Å². The molecule has 0 heterocycles. The van der Waals surface area contributed by atoms with Crippen LogP contribution >= 0.6 is 0 Å². The number of anilines is 1. The molecule has 0 saturated carbocycles. The number of carbonyl (C=O) groups excluding carboxylic acids is 1. The second-order valence-electron chi connectivity index (χ2n) is 3.25. The van der Waals surface area contributed by atoms with Gasteiger partial charge in [0.15, 0.2) is 5.96 Å². The van der Waals surface area contributed by atoms with Crippen LogP contribution < -0.4 is 25.8 Å². The minimum atomic E-state index is -0.499. The second-order valence-corrected chi connectivity index (χ2v) is 3.25. The van der Waals surface area contributed by atoms with Crippen LogP contribution in [0.5, 0.6) is 11.5 Å². The van der Waals surface area contributed by atoms with Gasteiger partial charge in [-0.3, -0.25) is 10.3 Å². The molecule has 1 aromatic rings. The van der Waals surface area contributed by atoms with E-state index in [0.717, 1.165) is 0 Å². The molecule has 0 saturated heterocycles. The Hall–Kier alpha value is -2.44. The molecule has 0 radical (unpaired) electrons. The highest BCUT2D eigenvalue weighted by atomic mass is 16.5. The Morgan fingerprint density at radius 2 is 2.06 bits per heavy atom. The average molecular weight is 252 g/mol. The maximum absolute atomic E-state index is 11.5. The summed E-state index contributed by atoms with van der Waals surface area (Å²) in [5.41, 5.74) is 5.87. The molecule has 7 heteroatoms. The average Bonchev–Trinajstić information content (AvgIpc) is 2.38. The van der Waals surface area contributed by atoms with Gasteiger partial charge in [-0.25, -0.2) is 4.79 Å². The molecule has 2 amide bonds. The number of nitrogens with one attached hydrogen (secondary N) is 2. The van der Waals surface area contributed by atoms with Crippen molar-refractivity contribution in [3.8, 4) is 11.5 Å². The fourth-order valence-corrected chi connectivity index (χ4v) is 1.23. The highest BCUT2D eigenvalue weighted by Gasteiger charge is 2.09. The van der Waals surface area contributed by atoms with Crippen molar-refractivity contribution in [2.24, 2.45) is 10.7 Å². The lowest BCUT2D eigenvalue weighted by molar-refractivity contribution is 0.256. The largest absolute Gasteiger partial charge is 0.497 e. The van der Waals surface area contributed by atoms with E-state index in [1.807, 2.05) is 0 Å². The quantitative estimate of drug-likeness (QED) is 0.546. The van der Waals surface area contributed by atoms with E-state index in [1.165, 1.54) is 14.2 Å². The first kappa shape index (κ1) is 13.6. The van der Waals surface area contributed by atoms with E-state index in [-0.39, 0.29) is 5.96 Å². The molecule has 0 aliphatic heterocycles. The lowest BCUT2D eigenvalue weighted by Gasteiger charge is -2.11. The van der Waals surface area contributed by atoms with Gasteiger partial charge < -0.3 is 20.5 Å². The van der Waals surface area contributed by atoms with Gasteiger partial charge in [0.25, 0.3) is 0 Å². The molecule has 0 aliphatic rings. The van der Waals surface area contributed by atoms with Crippen LogP contribution in [-0.4, -0.2) is 33.3 Å². The number of methoxy groups -OCH3 is 2. The smallest absolute Gasteiger partial charge is 0.326 e. The van der Waals surface area contributed by atoms with Crippen molar-refractivity contribution in [3.05, 3.63) is 18.2 Å². The summed E-state index contributed by atoms with van der Waals surface area (Å²) in [7, 11) is 4.52. The Bertz CT molecular complexity index is 460. The van der Waals surface area contributed by atoms with Gasteiger partial charge in [-0.05, 0) is 12.1 Å². The number of ether oxygens (including phenoxy) is 2. The van der Waals surface area contributed by atoms with Gasteiger partial charge in [-0.2, -0.15) is 0 Å². The molecule has 0 atom stereocenters. The zero-order chi connectivity index (χ0) is 13.5. The number of urea groups is 1. The number of benzene rings is 1. The summed E-state index contributed by atoms with van der Waals surface area (Å²) >= 11 is 0. The molecule has 0 spiro atoms. The predicted octanol–water partition coefficient (Wildman–Crippen LogP) is 0.770. The predicted molar refractivity (Wildman–Crippen MR) is 69.2 cm³/mol. The summed E-state index contributed by atoms with van der Waals surface area (Å²) in [6.07, 6.45) is 0. The number of guanidine groups is 1. The number of aliphatic imine (C=N–C) groups is 1. The number of rotatable bonds is 3. The number of hydrogen-bond donors (Lipinski definition) is 3. The van der Waals surface area contributed by atoms with Crippen LogP contribution in [0.3, 0.4) is 0 Å². The van der Waals surface area contributed by atoms with Crippen molar-refractivity contribution in [3.63, 3.8) is 0 Å². The summed E-state index contributed by atoms with van der Waals surface area (Å²) in [6, 6.07) is 4.53. The first-order valence-electron chi connectivity index (χ1n) is 5.13. The molecule has 0 fully saturated rings. The summed E-state index contributed by atoms with van der Waals surface area (Å²) in [5, 5.41) is 4.94. The molecular formula is C11H16N4O3. The third kappa shape index (κ3) is 3.55. The van der Waals surface area contributed by atoms with E-state index in [4.69, 9.17) is 15.2 Å². The van der Waals surface area contributed by atoms with Crippen LogP contribution in [0.2, 0.25) is 0 Å². The highest BCUT2D eigenvalue weighted by molar-refractivity contribution is 6.02. The van der Waals surface area contributed by atoms with Crippen LogP contribution in [0, 0.1) is 0 Å². The first-order valence-corrected chi connectivity index (χ1v) is 5.13. The fourth-order valence-electron chi connectivity index (χ4n) is 1.23. The van der Waals surface area contributed by atoms with Gasteiger partial charge >= 0.3 is 6.03 Å². The highest BCUT2D eigenvalue weighted by Crippen LogP contribution is 2.28. The van der Waals surface area contributed by atoms with Crippen molar-refractivity contribution in [2.45, 2.75) is 0 Å². The van der Waals surface area contributed by atoms with Gasteiger partial charge in [0.1, 0.15) is 11.5 Å². The summed E-state index contributed by atoms with van der Waals surface area (Å²) in [4.78, 5) is 15.1. The van der Waals surface area contributed by atoms with E-state index in [0.29, 0.717) is 17.2 Å². The number of nitrogens with zero attached hydrogens (tertiary/aromatic N) is 1. The molecule has 7 nitrogen and oxygen atoms in total. The molecule has 4 N–H and O–H groups in total. The van der Waals surface area contributed by atoms with Gasteiger partial charge in [0.2, 0.25) is 0 Å². The number of carbonyl (C=O) groups is 1. The Balaban J connectivity index is 2.81. The number of hydrogen-bond acceptors (Lipinski definition) is 4. The number of nitrogens with two attached hydrogens (primary N) is 1. The van der Waals surface area contributed by atoms with E-state index in [9.17, 15) is 4.79 Å². The number of amides is 2. The Morgan fingerprint density at radius 3 is 2.61 bits per heavy atom. The SMILES string of the molecule is CN=C(N)NC(=O)Nc1ccc(OC)cc1OC. The first-order chi connectivity index (χ1) is 8.60. The summed E-state index contributed by atoms with van der Waals surface area (Å²) in [6.45, 7) is 0. The Kier molecular flexibility index (Phi) is 4.79. The summed E-state index contributed by atoms with van der Waals surface area (Å²) in [5.74, 6) is 1.14. The van der Waals surface area contributed by atoms with Gasteiger partial charge in [0.05, 0.1) is 19.9 Å². The third-order valence-electron chi connectivity index (χ3n) is 2.14. The van der Waals surface area contributed by atoms with E-state index >= 15 is 0 Å². The molecule has 0 aliphatic carbocycles. The molecular weight excluding hydrogens is 236 g/mol. The maximum Gasteiger partial charge on any atom is 0.326 e. The lowest BCUT2D eigenvalue weighted by Crippen LogP contribution is -2.39. The molecule has 1 rings (SSSR count). The third-order valence-corrected chi connectivity index (χ3v) is 2.14. The molecule has 18 heavy (non-hydrogen) atoms. The Morgan fingerprint density at radius 1 is 1.33 bits per heavy atom. The zero-order valence-corrected chi connectivity index (χ0v) is 10.5. The topological polar surface area (TPSA) is 98.0 Å². The van der Waals surface area contributed by atoms with Crippen molar-refractivity contribution < 1.29 is 14.3 Å². The molecule has 1 aromatic carbocycles. The van der Waals surface area contributed by atoms with E-state index in [2.05, 4.69) is 15.6 Å². The van der Waals surface area contributed by atoms with Crippen molar-refractivity contribution in [1.29, 1.82) is 0 Å². The van der Waals surface area contributed by atoms with E-state index in [1.54, 1.807) is 25.3 Å². The second kappa shape index (κ2) is 6.33. The van der Waals surface area contributed by atoms with Gasteiger partial charge in [-0.15, -0.1) is 0 Å². The zero-order valence-electron chi connectivity index (χ0n) is 10.5. The summed E-state index contributed by atoms with van der Waals surface area (Å²) < 4.78 is 10.2. The van der Waals surface area contributed by atoms with Crippen LogP contribution in [-0.2, 0) is 0 Å². The van der Waals surface area contributed by atoms with Crippen LogP contribution in [0.4, 0.5) is 10.5 Å². The van der Waals surface area contributed by atoms with Crippen LogP contribution in [0.15, 0.2) is 23.2 Å². The molecule has 0 bridgehead atoms. The maximum atomic E-state index is 11.5. The fraction of sp³-hybridized carbons (Fsp3) is 0.273. The lowest BCUT2D eigenvalue weighted by atomic mass is 10.2. The monoisotopic (exact) mass is 252 g/mol. The van der Waals surface area contributed by atoms with E-state index < -0.39 is 6.03 Å². The minimum Gasteiger partial charge on any atom is -0.497 e. The molecule has 0 aromatic heterocycles. The standard InChI is InChI=1S/C11H16N4O3/c1-13-10(12)15-11(16)14-8-5-4-7(17-2)6-9(8)18-3/h4-6H,1-3H3,(H4,12,13,14,15,16). The molecule has 0 unspecified atom stereocenters. The van der Waals surface area contributed by atoms with Crippen molar-refractivity contribution in [1.82, 2.24) is 5.32 Å². The van der Waals surface area contributed by atoms with Gasteiger partial charge in [0, 0.05) is 13.1 Å². The molecule has 98 valence electrons. The Labute approximate surface area is 105 Å². The van der Waals surface area contributed by atoms with Crippen molar-refractivity contribution >= 4 is 17.7 Å². The minimum absolute atomic E-state index is 0.0278. The van der Waals surface area contributed by atoms with Gasteiger partial charge in [-0.1, -0.05) is 0 Å². The normalized spacial score (nSPS) is 10.7. The van der Waals surface area contributed by atoms with Crippen LogP contribution in [0.1, 0.15) is 0 Å².